The van der Waals surface area contributed by atoms with E-state index in [-0.39, 0.29) is 24.3 Å². The molecule has 1 aromatic carbocycles. The Labute approximate surface area is 179 Å². The molecule has 0 aliphatic rings. The van der Waals surface area contributed by atoms with Gasteiger partial charge in [0.25, 0.3) is 0 Å². The largest absolute Gasteiger partial charge is 0.444 e. The van der Waals surface area contributed by atoms with E-state index in [0.29, 0.717) is 6.54 Å². The summed E-state index contributed by atoms with van der Waals surface area (Å²) in [5.74, 6) is 0.0348. The van der Waals surface area contributed by atoms with Crippen LogP contribution in [0.3, 0.4) is 0 Å². The topological polar surface area (TPSA) is 85.3 Å². The van der Waals surface area contributed by atoms with Crippen LogP contribution in [-0.2, 0) is 16.0 Å². The number of para-hydroxylation sites is 1. The van der Waals surface area contributed by atoms with Crippen molar-refractivity contribution in [3.63, 3.8) is 0 Å². The van der Waals surface area contributed by atoms with Crippen LogP contribution < -0.4 is 10.6 Å². The van der Waals surface area contributed by atoms with Gasteiger partial charge in [-0.2, -0.15) is 5.10 Å². The minimum Gasteiger partial charge on any atom is -0.444 e. The van der Waals surface area contributed by atoms with Gasteiger partial charge >= 0.3 is 6.09 Å². The van der Waals surface area contributed by atoms with Crippen molar-refractivity contribution in [2.45, 2.75) is 66.5 Å². The molecule has 1 atom stereocenters. The number of hydrogen-bond acceptors (Lipinski definition) is 4. The van der Waals surface area contributed by atoms with Crippen molar-refractivity contribution in [2.75, 3.05) is 6.54 Å². The van der Waals surface area contributed by atoms with E-state index in [1.807, 2.05) is 83.5 Å². The van der Waals surface area contributed by atoms with Crippen molar-refractivity contribution in [3.05, 3.63) is 47.3 Å². The maximum absolute atomic E-state index is 12.6. The highest BCUT2D eigenvalue weighted by atomic mass is 16.6. The van der Waals surface area contributed by atoms with Crippen molar-refractivity contribution in [3.8, 4) is 5.69 Å². The first-order valence-electron chi connectivity index (χ1n) is 10.3. The zero-order valence-corrected chi connectivity index (χ0v) is 19.1. The Bertz CT molecular complexity index is 867. The number of benzene rings is 1. The molecule has 0 fully saturated rings. The lowest BCUT2D eigenvalue weighted by Gasteiger charge is -2.26. The summed E-state index contributed by atoms with van der Waals surface area (Å²) in [5, 5.41) is 10.4. The van der Waals surface area contributed by atoms with E-state index in [4.69, 9.17) is 4.74 Å². The number of carbonyl (C=O) groups is 2. The Morgan fingerprint density at radius 1 is 1.13 bits per heavy atom. The molecule has 2 aromatic rings. The van der Waals surface area contributed by atoms with Crippen LogP contribution in [0.1, 0.15) is 51.6 Å². The molecule has 0 spiro atoms. The molecule has 0 bridgehead atoms. The van der Waals surface area contributed by atoms with Crippen LogP contribution in [0.2, 0.25) is 0 Å². The van der Waals surface area contributed by atoms with E-state index in [0.717, 1.165) is 22.6 Å². The molecule has 7 heteroatoms. The number of rotatable bonds is 7. The number of ether oxygens (including phenoxy) is 1. The smallest absolute Gasteiger partial charge is 0.407 e. The van der Waals surface area contributed by atoms with Gasteiger partial charge in [-0.25, -0.2) is 9.48 Å². The number of aromatic nitrogens is 2. The summed E-state index contributed by atoms with van der Waals surface area (Å²) < 4.78 is 7.18. The number of hydrogen-bond donors (Lipinski definition) is 2. The van der Waals surface area contributed by atoms with Gasteiger partial charge in [0.2, 0.25) is 5.91 Å². The Balaban J connectivity index is 1.99. The van der Waals surface area contributed by atoms with Crippen LogP contribution in [0, 0.1) is 19.8 Å². The molecule has 1 heterocycles. The molecule has 2 N–H and O–H groups in total. The zero-order chi connectivity index (χ0) is 22.5. The normalized spacial score (nSPS) is 12.5. The third-order valence-electron chi connectivity index (χ3n) is 4.81. The highest BCUT2D eigenvalue weighted by Crippen LogP contribution is 2.18. The van der Waals surface area contributed by atoms with Gasteiger partial charge in [0.15, 0.2) is 0 Å². The van der Waals surface area contributed by atoms with Crippen LogP contribution in [0.25, 0.3) is 5.69 Å². The third-order valence-corrected chi connectivity index (χ3v) is 4.81. The molecule has 7 nitrogen and oxygen atoms in total. The quantitative estimate of drug-likeness (QED) is 0.723. The molecule has 0 saturated heterocycles. The standard InChI is InChI=1S/C23H34N4O3/c1-15(2)20(25-22(29)30-23(5,6)7)14-24-21(28)13-19-16(3)26-27(17(19)4)18-11-9-8-10-12-18/h8-12,15,20H,13-14H2,1-7H3,(H,24,28)(H,25,29). The fourth-order valence-corrected chi connectivity index (χ4v) is 3.11. The second kappa shape index (κ2) is 9.78. The highest BCUT2D eigenvalue weighted by Gasteiger charge is 2.22. The molecular formula is C23H34N4O3. The van der Waals surface area contributed by atoms with Gasteiger partial charge in [0, 0.05) is 17.8 Å². The Morgan fingerprint density at radius 2 is 1.77 bits per heavy atom. The van der Waals surface area contributed by atoms with Crippen molar-refractivity contribution in [2.24, 2.45) is 5.92 Å². The predicted octanol–water partition coefficient (Wildman–Crippen LogP) is 3.70. The summed E-state index contributed by atoms with van der Waals surface area (Å²) in [6.45, 7) is 13.7. The first kappa shape index (κ1) is 23.4. The number of aryl methyl sites for hydroxylation is 1. The summed E-state index contributed by atoms with van der Waals surface area (Å²) >= 11 is 0. The summed E-state index contributed by atoms with van der Waals surface area (Å²) in [5.41, 5.74) is 3.09. The minimum absolute atomic E-state index is 0.106. The number of nitrogens with one attached hydrogen (secondary N) is 2. The molecular weight excluding hydrogens is 380 g/mol. The Morgan fingerprint density at radius 3 is 2.33 bits per heavy atom. The monoisotopic (exact) mass is 414 g/mol. The number of alkyl carbamates (subject to hydrolysis) is 1. The van der Waals surface area contributed by atoms with Crippen molar-refractivity contribution in [1.29, 1.82) is 0 Å². The molecule has 30 heavy (non-hydrogen) atoms. The lowest BCUT2D eigenvalue weighted by Crippen LogP contribution is -2.48. The molecule has 2 rings (SSSR count). The maximum Gasteiger partial charge on any atom is 0.407 e. The van der Waals surface area contributed by atoms with Crippen LogP contribution in [0.4, 0.5) is 4.79 Å². The first-order valence-corrected chi connectivity index (χ1v) is 10.3. The molecule has 1 aromatic heterocycles. The summed E-state index contributed by atoms with van der Waals surface area (Å²) in [6.07, 6.45) is -0.242. The maximum atomic E-state index is 12.6. The number of carbonyl (C=O) groups excluding carboxylic acids is 2. The van der Waals surface area contributed by atoms with Crippen molar-refractivity contribution < 1.29 is 14.3 Å². The van der Waals surface area contributed by atoms with E-state index in [1.165, 1.54) is 0 Å². The average molecular weight is 415 g/mol. The van der Waals surface area contributed by atoms with E-state index in [9.17, 15) is 9.59 Å². The van der Waals surface area contributed by atoms with Gasteiger partial charge in [-0.1, -0.05) is 32.0 Å². The second-order valence-electron chi connectivity index (χ2n) is 8.87. The highest BCUT2D eigenvalue weighted by molar-refractivity contribution is 5.79. The van der Waals surface area contributed by atoms with E-state index in [2.05, 4.69) is 15.7 Å². The molecule has 0 aliphatic heterocycles. The van der Waals surface area contributed by atoms with Crippen LogP contribution >= 0.6 is 0 Å². The van der Waals surface area contributed by atoms with Gasteiger partial charge in [0.1, 0.15) is 5.60 Å². The Kier molecular flexibility index (Phi) is 7.65. The summed E-state index contributed by atoms with van der Waals surface area (Å²) in [4.78, 5) is 24.7. The molecule has 0 saturated carbocycles. The van der Waals surface area contributed by atoms with Gasteiger partial charge in [-0.15, -0.1) is 0 Å². The third kappa shape index (κ3) is 6.61. The second-order valence-corrected chi connectivity index (χ2v) is 8.87. The minimum atomic E-state index is -0.567. The SMILES string of the molecule is Cc1nn(-c2ccccc2)c(C)c1CC(=O)NCC(NC(=O)OC(C)(C)C)C(C)C. The average Bonchev–Trinajstić information content (AvgIpc) is 2.92. The molecule has 1 unspecified atom stereocenters. The lowest BCUT2D eigenvalue weighted by atomic mass is 10.0. The van der Waals surface area contributed by atoms with E-state index in [1.54, 1.807) is 0 Å². The van der Waals surface area contributed by atoms with Gasteiger partial charge in [-0.05, 0) is 52.7 Å². The first-order chi connectivity index (χ1) is 14.0. The van der Waals surface area contributed by atoms with Gasteiger partial charge in [0.05, 0.1) is 23.8 Å². The molecule has 2 amide bonds. The predicted molar refractivity (Wildman–Crippen MR) is 118 cm³/mol. The lowest BCUT2D eigenvalue weighted by molar-refractivity contribution is -0.120. The number of nitrogens with zero attached hydrogens (tertiary/aromatic N) is 2. The molecule has 0 radical (unpaired) electrons. The van der Waals surface area contributed by atoms with Crippen molar-refractivity contribution >= 4 is 12.0 Å². The molecule has 164 valence electrons. The van der Waals surface area contributed by atoms with Crippen LogP contribution in [0.15, 0.2) is 30.3 Å². The van der Waals surface area contributed by atoms with Crippen LogP contribution in [0.5, 0.6) is 0 Å². The van der Waals surface area contributed by atoms with Gasteiger partial charge in [-0.3, -0.25) is 4.79 Å². The number of amides is 2. The summed E-state index contributed by atoms with van der Waals surface area (Å²) in [7, 11) is 0. The van der Waals surface area contributed by atoms with Crippen LogP contribution in [-0.4, -0.2) is 40.0 Å². The van der Waals surface area contributed by atoms with Crippen molar-refractivity contribution in [1.82, 2.24) is 20.4 Å². The Hall–Kier alpha value is -2.83. The summed E-state index contributed by atoms with van der Waals surface area (Å²) in [6, 6.07) is 9.62. The van der Waals surface area contributed by atoms with E-state index >= 15 is 0 Å². The molecule has 0 aliphatic carbocycles. The zero-order valence-electron chi connectivity index (χ0n) is 19.1. The fourth-order valence-electron chi connectivity index (χ4n) is 3.11. The van der Waals surface area contributed by atoms with Gasteiger partial charge < -0.3 is 15.4 Å². The van der Waals surface area contributed by atoms with E-state index < -0.39 is 11.7 Å². The fraction of sp³-hybridized carbons (Fsp3) is 0.522.